The molecule has 2 rings (SSSR count). The van der Waals surface area contributed by atoms with Crippen molar-refractivity contribution in [2.45, 2.75) is 38.3 Å². The topological polar surface area (TPSA) is 45.6 Å². The van der Waals surface area contributed by atoms with Crippen molar-refractivity contribution in [1.82, 2.24) is 9.88 Å². The lowest BCUT2D eigenvalue weighted by atomic mass is 9.95. The van der Waals surface area contributed by atoms with Crippen molar-refractivity contribution in [3.8, 4) is 5.88 Å². The van der Waals surface area contributed by atoms with Crippen LogP contribution >= 0.6 is 0 Å². The minimum atomic E-state index is -0.0831. The Bertz CT molecular complexity index is 424. The molecular weight excluding hydrogens is 240 g/mol. The molecule has 106 valence electrons. The second kappa shape index (κ2) is 5.88. The Morgan fingerprint density at radius 3 is 2.95 bits per heavy atom. The Labute approximate surface area is 115 Å². The highest BCUT2D eigenvalue weighted by molar-refractivity contribution is 5.25. The molecule has 0 radical (unpaired) electrons. The van der Waals surface area contributed by atoms with E-state index in [-0.39, 0.29) is 12.1 Å². The van der Waals surface area contributed by atoms with Crippen molar-refractivity contribution < 1.29 is 9.84 Å². The van der Waals surface area contributed by atoms with Crippen LogP contribution in [0.5, 0.6) is 5.88 Å². The lowest BCUT2D eigenvalue weighted by Crippen LogP contribution is -2.47. The van der Waals surface area contributed by atoms with Gasteiger partial charge in [-0.25, -0.2) is 4.98 Å². The van der Waals surface area contributed by atoms with Crippen molar-refractivity contribution in [1.29, 1.82) is 0 Å². The van der Waals surface area contributed by atoms with Crippen LogP contribution in [0.15, 0.2) is 18.3 Å². The Kier molecular flexibility index (Phi) is 4.42. The summed E-state index contributed by atoms with van der Waals surface area (Å²) in [5.74, 6) is 1.36. The Hall–Kier alpha value is -1.13. The lowest BCUT2D eigenvalue weighted by molar-refractivity contribution is 0.0451. The van der Waals surface area contributed by atoms with Gasteiger partial charge in [-0.2, -0.15) is 0 Å². The van der Waals surface area contributed by atoms with Crippen LogP contribution in [0.4, 0.5) is 0 Å². The van der Waals surface area contributed by atoms with Crippen molar-refractivity contribution in [2.24, 2.45) is 5.92 Å². The maximum atomic E-state index is 9.82. The highest BCUT2D eigenvalue weighted by atomic mass is 16.5. The Morgan fingerprint density at radius 2 is 2.37 bits per heavy atom. The summed E-state index contributed by atoms with van der Waals surface area (Å²) in [6.45, 7) is 3.23. The molecule has 0 aromatic carbocycles. The molecule has 2 unspecified atom stereocenters. The minimum Gasteiger partial charge on any atom is -0.481 e. The fraction of sp³-hybridized carbons (Fsp3) is 0.667. The zero-order valence-corrected chi connectivity index (χ0v) is 12.1. The summed E-state index contributed by atoms with van der Waals surface area (Å²) in [5, 5.41) is 9.82. The first-order valence-electron chi connectivity index (χ1n) is 6.91. The number of nitrogens with zero attached hydrogens (tertiary/aromatic N) is 2. The van der Waals surface area contributed by atoms with E-state index in [4.69, 9.17) is 4.74 Å². The van der Waals surface area contributed by atoms with E-state index in [9.17, 15) is 5.11 Å². The molecule has 0 aliphatic heterocycles. The highest BCUT2D eigenvalue weighted by Crippen LogP contribution is 2.39. The fourth-order valence-corrected chi connectivity index (χ4v) is 3.13. The molecule has 0 spiro atoms. The molecule has 1 heterocycles. The molecule has 1 aliphatic rings. The van der Waals surface area contributed by atoms with Crippen molar-refractivity contribution in [3.05, 3.63) is 23.9 Å². The molecule has 1 aromatic heterocycles. The fourth-order valence-electron chi connectivity index (χ4n) is 3.13. The van der Waals surface area contributed by atoms with Gasteiger partial charge in [-0.3, -0.25) is 4.90 Å². The van der Waals surface area contributed by atoms with Gasteiger partial charge in [0.15, 0.2) is 0 Å². The summed E-state index contributed by atoms with van der Waals surface area (Å²) < 4.78 is 5.30. The van der Waals surface area contributed by atoms with Gasteiger partial charge in [-0.1, -0.05) is 13.0 Å². The molecule has 1 fully saturated rings. The molecule has 4 nitrogen and oxygen atoms in total. The minimum absolute atomic E-state index is 0.0831. The number of hydrogen-bond donors (Lipinski definition) is 1. The quantitative estimate of drug-likeness (QED) is 0.884. The van der Waals surface area contributed by atoms with Crippen molar-refractivity contribution >= 4 is 0 Å². The first-order valence-corrected chi connectivity index (χ1v) is 6.91. The van der Waals surface area contributed by atoms with Gasteiger partial charge in [-0.05, 0) is 38.3 Å². The van der Waals surface area contributed by atoms with Gasteiger partial charge in [-0.15, -0.1) is 0 Å². The number of aromatic nitrogens is 1. The SMILES string of the molecule is COc1ncccc1CN(C)C1(CO)CCC(C)C1. The van der Waals surface area contributed by atoms with Gasteiger partial charge in [0.25, 0.3) is 0 Å². The molecular formula is C15H24N2O2. The molecule has 1 N–H and O–H groups in total. The van der Waals surface area contributed by atoms with Gasteiger partial charge in [0.2, 0.25) is 5.88 Å². The second-order valence-electron chi connectivity index (χ2n) is 5.76. The standard InChI is InChI=1S/C15H24N2O2/c1-12-6-7-15(9-12,11-18)17(2)10-13-5-4-8-16-14(13)19-3/h4-5,8,12,18H,6-7,9-11H2,1-3H3. The number of ether oxygens (including phenoxy) is 1. The van der Waals surface area contributed by atoms with Crippen LogP contribution in [-0.4, -0.2) is 41.3 Å². The molecule has 1 aromatic rings. The number of aliphatic hydroxyl groups excluding tert-OH is 1. The Balaban J connectivity index is 2.13. The van der Waals surface area contributed by atoms with Gasteiger partial charge >= 0.3 is 0 Å². The van der Waals surface area contributed by atoms with Crippen LogP contribution in [0.2, 0.25) is 0 Å². The summed E-state index contributed by atoms with van der Waals surface area (Å²) in [7, 11) is 3.73. The molecule has 4 heteroatoms. The van der Waals surface area contributed by atoms with Crippen LogP contribution in [-0.2, 0) is 6.54 Å². The van der Waals surface area contributed by atoms with Gasteiger partial charge in [0.1, 0.15) is 0 Å². The molecule has 0 bridgehead atoms. The van der Waals surface area contributed by atoms with E-state index in [0.29, 0.717) is 11.8 Å². The third kappa shape index (κ3) is 2.90. The lowest BCUT2D eigenvalue weighted by Gasteiger charge is -2.37. The molecule has 1 aliphatic carbocycles. The van der Waals surface area contributed by atoms with Crippen LogP contribution in [0.1, 0.15) is 31.7 Å². The highest BCUT2D eigenvalue weighted by Gasteiger charge is 2.40. The molecule has 2 atom stereocenters. The number of aliphatic hydroxyl groups is 1. The zero-order valence-electron chi connectivity index (χ0n) is 12.1. The average Bonchev–Trinajstić information content (AvgIpc) is 2.82. The summed E-state index contributed by atoms with van der Waals surface area (Å²) in [5.41, 5.74) is 0.986. The average molecular weight is 264 g/mol. The monoisotopic (exact) mass is 264 g/mol. The van der Waals surface area contributed by atoms with E-state index in [1.54, 1.807) is 13.3 Å². The number of likely N-dealkylation sites (N-methyl/N-ethyl adjacent to an activating group) is 1. The molecule has 0 saturated heterocycles. The van der Waals surface area contributed by atoms with E-state index in [1.807, 2.05) is 12.1 Å². The first-order chi connectivity index (χ1) is 9.11. The molecule has 1 saturated carbocycles. The normalized spacial score (nSPS) is 26.9. The van der Waals surface area contributed by atoms with Crippen molar-refractivity contribution in [3.63, 3.8) is 0 Å². The largest absolute Gasteiger partial charge is 0.481 e. The summed E-state index contributed by atoms with van der Waals surface area (Å²) >= 11 is 0. The predicted octanol–water partition coefficient (Wildman–Crippen LogP) is 2.07. The summed E-state index contributed by atoms with van der Waals surface area (Å²) in [4.78, 5) is 6.49. The van der Waals surface area contributed by atoms with Crippen LogP contribution in [0, 0.1) is 5.92 Å². The van der Waals surface area contributed by atoms with Crippen LogP contribution in [0.3, 0.4) is 0 Å². The zero-order chi connectivity index (χ0) is 13.9. The third-order valence-corrected chi connectivity index (χ3v) is 4.39. The first kappa shape index (κ1) is 14.3. The number of methoxy groups -OCH3 is 1. The van der Waals surface area contributed by atoms with Crippen LogP contribution < -0.4 is 4.74 Å². The van der Waals surface area contributed by atoms with E-state index in [1.165, 1.54) is 6.42 Å². The molecule has 0 amide bonds. The number of pyridine rings is 1. The maximum absolute atomic E-state index is 9.82. The third-order valence-electron chi connectivity index (χ3n) is 4.39. The van der Waals surface area contributed by atoms with Gasteiger partial charge < -0.3 is 9.84 Å². The second-order valence-corrected chi connectivity index (χ2v) is 5.76. The maximum Gasteiger partial charge on any atom is 0.217 e. The van der Waals surface area contributed by atoms with Gasteiger partial charge in [0, 0.05) is 23.8 Å². The number of rotatable bonds is 5. The summed E-state index contributed by atoms with van der Waals surface area (Å²) in [6.07, 6.45) is 5.04. The van der Waals surface area contributed by atoms with Crippen LogP contribution in [0.25, 0.3) is 0 Å². The van der Waals surface area contributed by atoms with E-state index in [0.717, 1.165) is 24.9 Å². The molecule has 19 heavy (non-hydrogen) atoms. The summed E-state index contributed by atoms with van der Waals surface area (Å²) in [6, 6.07) is 3.96. The number of hydrogen-bond acceptors (Lipinski definition) is 4. The van der Waals surface area contributed by atoms with E-state index in [2.05, 4.69) is 23.9 Å². The predicted molar refractivity (Wildman–Crippen MR) is 75.1 cm³/mol. The van der Waals surface area contributed by atoms with Gasteiger partial charge in [0.05, 0.1) is 13.7 Å². The Morgan fingerprint density at radius 1 is 1.58 bits per heavy atom. The van der Waals surface area contributed by atoms with Crippen molar-refractivity contribution in [2.75, 3.05) is 20.8 Å². The smallest absolute Gasteiger partial charge is 0.217 e. The van der Waals surface area contributed by atoms with E-state index < -0.39 is 0 Å². The van der Waals surface area contributed by atoms with E-state index >= 15 is 0 Å².